The molecule has 0 spiro atoms. The number of carbonyl (C=O) groups excluding carboxylic acids is 1. The fraction of sp³-hybridized carbons (Fsp3) is 0.636. The van der Waals surface area contributed by atoms with Crippen molar-refractivity contribution in [2.24, 2.45) is 5.92 Å². The lowest BCUT2D eigenvalue weighted by Crippen LogP contribution is -2.34. The van der Waals surface area contributed by atoms with E-state index >= 15 is 0 Å². The van der Waals surface area contributed by atoms with E-state index in [2.05, 4.69) is 17.2 Å². The first kappa shape index (κ1) is 11.4. The maximum absolute atomic E-state index is 11.8. The van der Waals surface area contributed by atoms with Crippen LogP contribution < -0.4 is 11.1 Å². The number of anilines is 1. The van der Waals surface area contributed by atoms with Gasteiger partial charge in [0.05, 0.1) is 0 Å². The van der Waals surface area contributed by atoms with E-state index < -0.39 is 0 Å². The summed E-state index contributed by atoms with van der Waals surface area (Å²) in [4.78, 5) is 15.8. The molecule has 1 aliphatic carbocycles. The smallest absolute Gasteiger partial charge is 0.271 e. The summed E-state index contributed by atoms with van der Waals surface area (Å²) in [6.45, 7) is 2.10. The normalized spacial score (nSPS) is 17.1. The number of nitrogen functional groups attached to an aromatic ring is 1. The molecule has 0 bridgehead atoms. The standard InChI is InChI=1S/C11H17N3OS/c1-2-8(5-7-3-4-7)13-10(15)9-6-16-11(12)14-9/h6-8H,2-5H2,1H3,(H2,12,14)(H,13,15). The lowest BCUT2D eigenvalue weighted by molar-refractivity contribution is 0.0928. The number of hydrogen-bond acceptors (Lipinski definition) is 4. The number of nitrogens with one attached hydrogen (secondary N) is 1. The van der Waals surface area contributed by atoms with E-state index in [4.69, 9.17) is 5.73 Å². The highest BCUT2D eigenvalue weighted by Crippen LogP contribution is 2.34. The van der Waals surface area contributed by atoms with Crippen molar-refractivity contribution < 1.29 is 4.79 Å². The van der Waals surface area contributed by atoms with Gasteiger partial charge in [-0.05, 0) is 18.8 Å². The predicted molar refractivity (Wildman–Crippen MR) is 65.4 cm³/mol. The van der Waals surface area contributed by atoms with Crippen molar-refractivity contribution >= 4 is 22.4 Å². The van der Waals surface area contributed by atoms with Crippen molar-refractivity contribution in [1.82, 2.24) is 10.3 Å². The summed E-state index contributed by atoms with van der Waals surface area (Å²) >= 11 is 1.30. The van der Waals surface area contributed by atoms with E-state index in [9.17, 15) is 4.79 Å². The van der Waals surface area contributed by atoms with Gasteiger partial charge in [-0.25, -0.2) is 4.98 Å². The predicted octanol–water partition coefficient (Wildman–Crippen LogP) is 2.03. The monoisotopic (exact) mass is 239 g/mol. The summed E-state index contributed by atoms with van der Waals surface area (Å²) in [5, 5.41) is 5.17. The summed E-state index contributed by atoms with van der Waals surface area (Å²) in [6.07, 6.45) is 4.70. The highest BCUT2D eigenvalue weighted by Gasteiger charge is 2.25. The summed E-state index contributed by atoms with van der Waals surface area (Å²) in [5.74, 6) is 0.728. The fourth-order valence-electron chi connectivity index (χ4n) is 1.73. The molecule has 1 amide bonds. The topological polar surface area (TPSA) is 68.0 Å². The Morgan fingerprint density at radius 1 is 1.75 bits per heavy atom. The van der Waals surface area contributed by atoms with Gasteiger partial charge in [-0.15, -0.1) is 11.3 Å². The number of hydrogen-bond donors (Lipinski definition) is 2. The lowest BCUT2D eigenvalue weighted by atomic mass is 10.1. The van der Waals surface area contributed by atoms with Crippen molar-refractivity contribution in [3.05, 3.63) is 11.1 Å². The highest BCUT2D eigenvalue weighted by molar-refractivity contribution is 7.13. The molecule has 3 N–H and O–H groups in total. The fourth-order valence-corrected chi connectivity index (χ4v) is 2.28. The number of amides is 1. The maximum atomic E-state index is 11.8. The Morgan fingerprint density at radius 2 is 2.50 bits per heavy atom. The molecule has 1 aromatic rings. The van der Waals surface area contributed by atoms with E-state index in [1.54, 1.807) is 5.38 Å². The largest absolute Gasteiger partial charge is 0.375 e. The third kappa shape index (κ3) is 2.95. The first-order valence-electron chi connectivity index (χ1n) is 5.71. The van der Waals surface area contributed by atoms with Gasteiger partial charge in [0.15, 0.2) is 5.13 Å². The molecular weight excluding hydrogens is 222 g/mol. The van der Waals surface area contributed by atoms with Crippen LogP contribution in [0.4, 0.5) is 5.13 Å². The summed E-state index contributed by atoms with van der Waals surface area (Å²) in [5.41, 5.74) is 5.94. The van der Waals surface area contributed by atoms with Crippen LogP contribution in [0.15, 0.2) is 5.38 Å². The Balaban J connectivity index is 1.89. The minimum atomic E-state index is -0.0968. The summed E-state index contributed by atoms with van der Waals surface area (Å²) in [7, 11) is 0. The zero-order valence-electron chi connectivity index (χ0n) is 9.40. The number of nitrogens with zero attached hydrogens (tertiary/aromatic N) is 1. The highest BCUT2D eigenvalue weighted by atomic mass is 32.1. The third-order valence-electron chi connectivity index (χ3n) is 2.90. The molecule has 5 heteroatoms. The second-order valence-corrected chi connectivity index (χ2v) is 5.22. The molecule has 1 unspecified atom stereocenters. The van der Waals surface area contributed by atoms with Crippen molar-refractivity contribution in [2.45, 2.75) is 38.6 Å². The van der Waals surface area contributed by atoms with Gasteiger partial charge in [0, 0.05) is 11.4 Å². The average Bonchev–Trinajstić information content (AvgIpc) is 2.97. The molecule has 1 fully saturated rings. The molecule has 1 aliphatic rings. The Labute approximate surface area is 99.3 Å². The SMILES string of the molecule is CCC(CC1CC1)NC(=O)c1csc(N)n1. The second kappa shape index (κ2) is 4.82. The minimum Gasteiger partial charge on any atom is -0.375 e. The molecule has 2 rings (SSSR count). The van der Waals surface area contributed by atoms with Crippen LogP contribution in [-0.4, -0.2) is 16.9 Å². The molecule has 16 heavy (non-hydrogen) atoms. The van der Waals surface area contributed by atoms with Gasteiger partial charge in [0.1, 0.15) is 5.69 Å². The van der Waals surface area contributed by atoms with Crippen LogP contribution in [0.25, 0.3) is 0 Å². The van der Waals surface area contributed by atoms with E-state index in [1.165, 1.54) is 24.2 Å². The maximum Gasteiger partial charge on any atom is 0.271 e. The number of nitrogens with two attached hydrogens (primary N) is 1. The molecule has 4 nitrogen and oxygen atoms in total. The van der Waals surface area contributed by atoms with Gasteiger partial charge in [-0.3, -0.25) is 4.79 Å². The Morgan fingerprint density at radius 3 is 3.00 bits per heavy atom. The Hall–Kier alpha value is -1.10. The number of rotatable bonds is 5. The van der Waals surface area contributed by atoms with E-state index in [1.807, 2.05) is 0 Å². The molecule has 0 aliphatic heterocycles. The first-order chi connectivity index (χ1) is 7.69. The van der Waals surface area contributed by atoms with Crippen LogP contribution in [0, 0.1) is 5.92 Å². The molecule has 1 heterocycles. The van der Waals surface area contributed by atoms with Crippen LogP contribution in [0.3, 0.4) is 0 Å². The molecular formula is C11H17N3OS. The van der Waals surface area contributed by atoms with Crippen LogP contribution in [0.1, 0.15) is 43.1 Å². The van der Waals surface area contributed by atoms with Crippen molar-refractivity contribution in [2.75, 3.05) is 5.73 Å². The van der Waals surface area contributed by atoms with Gasteiger partial charge in [0.2, 0.25) is 0 Å². The van der Waals surface area contributed by atoms with Crippen LogP contribution >= 0.6 is 11.3 Å². The Bertz CT molecular complexity index is 373. The molecule has 1 saturated carbocycles. The zero-order valence-corrected chi connectivity index (χ0v) is 10.2. The third-order valence-corrected chi connectivity index (χ3v) is 3.57. The second-order valence-electron chi connectivity index (χ2n) is 4.33. The molecule has 0 radical (unpaired) electrons. The van der Waals surface area contributed by atoms with Gasteiger partial charge >= 0.3 is 0 Å². The first-order valence-corrected chi connectivity index (χ1v) is 6.59. The molecule has 0 saturated heterocycles. The Kier molecular flexibility index (Phi) is 3.43. The molecule has 1 atom stereocenters. The van der Waals surface area contributed by atoms with Crippen molar-refractivity contribution in [3.8, 4) is 0 Å². The van der Waals surface area contributed by atoms with Crippen LogP contribution in [0.5, 0.6) is 0 Å². The van der Waals surface area contributed by atoms with Gasteiger partial charge in [-0.2, -0.15) is 0 Å². The molecule has 88 valence electrons. The van der Waals surface area contributed by atoms with Crippen LogP contribution in [-0.2, 0) is 0 Å². The van der Waals surface area contributed by atoms with Gasteiger partial charge in [-0.1, -0.05) is 19.8 Å². The molecule has 1 aromatic heterocycles. The quantitative estimate of drug-likeness (QED) is 0.826. The number of thiazole rings is 1. The van der Waals surface area contributed by atoms with Gasteiger partial charge < -0.3 is 11.1 Å². The summed E-state index contributed by atoms with van der Waals surface area (Å²) < 4.78 is 0. The van der Waals surface area contributed by atoms with Crippen molar-refractivity contribution in [3.63, 3.8) is 0 Å². The number of carbonyl (C=O) groups is 1. The number of aromatic nitrogens is 1. The van der Waals surface area contributed by atoms with Crippen molar-refractivity contribution in [1.29, 1.82) is 0 Å². The summed E-state index contributed by atoms with van der Waals surface area (Å²) in [6, 6.07) is 0.280. The zero-order chi connectivity index (χ0) is 11.5. The lowest BCUT2D eigenvalue weighted by Gasteiger charge is -2.15. The van der Waals surface area contributed by atoms with E-state index in [0.29, 0.717) is 10.8 Å². The minimum absolute atomic E-state index is 0.0968. The van der Waals surface area contributed by atoms with E-state index in [-0.39, 0.29) is 11.9 Å². The average molecular weight is 239 g/mol. The van der Waals surface area contributed by atoms with Gasteiger partial charge in [0.25, 0.3) is 5.91 Å². The van der Waals surface area contributed by atoms with E-state index in [0.717, 1.165) is 18.8 Å². The molecule has 0 aromatic carbocycles. The van der Waals surface area contributed by atoms with Crippen LogP contribution in [0.2, 0.25) is 0 Å².